The second-order valence-electron chi connectivity index (χ2n) is 4.71. The number of aromatic hydroxyl groups is 1. The van der Waals surface area contributed by atoms with E-state index in [2.05, 4.69) is 0 Å². The third kappa shape index (κ3) is 1.40. The van der Waals surface area contributed by atoms with Crippen molar-refractivity contribution < 1.29 is 19.4 Å². The van der Waals surface area contributed by atoms with Crippen LogP contribution in [0.25, 0.3) is 0 Å². The number of rotatable bonds is 1. The molecule has 1 aromatic rings. The van der Waals surface area contributed by atoms with Gasteiger partial charge in [0.15, 0.2) is 0 Å². The van der Waals surface area contributed by atoms with Crippen molar-refractivity contribution in [1.82, 2.24) is 0 Å². The van der Waals surface area contributed by atoms with Crippen molar-refractivity contribution in [3.63, 3.8) is 0 Å². The Balaban J connectivity index is 2.01. The van der Waals surface area contributed by atoms with Crippen molar-refractivity contribution in [2.24, 2.45) is 5.92 Å². The van der Waals surface area contributed by atoms with E-state index in [0.29, 0.717) is 6.61 Å². The number of hydrogen-bond acceptors (Lipinski definition) is 4. The van der Waals surface area contributed by atoms with E-state index in [1.165, 1.54) is 7.11 Å². The fourth-order valence-electron chi connectivity index (χ4n) is 2.84. The fraction of sp³-hybridized carbons (Fsp3) is 0.462. The zero-order valence-electron chi connectivity index (χ0n) is 9.60. The van der Waals surface area contributed by atoms with Crippen LogP contribution in [0.3, 0.4) is 0 Å². The molecular formula is C13H14O4. The molecule has 1 spiro atoms. The summed E-state index contributed by atoms with van der Waals surface area (Å²) in [5.74, 6) is 0.739. The van der Waals surface area contributed by atoms with E-state index in [9.17, 15) is 9.90 Å². The molecule has 1 saturated carbocycles. The smallest absolute Gasteiger partial charge is 0.309 e. The zero-order chi connectivity index (χ0) is 12.0. The Morgan fingerprint density at radius 3 is 3.18 bits per heavy atom. The van der Waals surface area contributed by atoms with Gasteiger partial charge in [0.05, 0.1) is 19.6 Å². The van der Waals surface area contributed by atoms with Gasteiger partial charge in [0, 0.05) is 11.0 Å². The monoisotopic (exact) mass is 234 g/mol. The van der Waals surface area contributed by atoms with Gasteiger partial charge in [-0.3, -0.25) is 4.79 Å². The normalized spacial score (nSPS) is 29.4. The van der Waals surface area contributed by atoms with Gasteiger partial charge in [-0.05, 0) is 31.0 Å². The molecule has 0 amide bonds. The Morgan fingerprint density at radius 2 is 2.41 bits per heavy atom. The lowest BCUT2D eigenvalue weighted by Gasteiger charge is -2.26. The molecule has 4 heteroatoms. The summed E-state index contributed by atoms with van der Waals surface area (Å²) in [7, 11) is 1.41. The molecule has 0 unspecified atom stereocenters. The van der Waals surface area contributed by atoms with Gasteiger partial charge < -0.3 is 14.6 Å². The highest BCUT2D eigenvalue weighted by molar-refractivity contribution is 5.80. The van der Waals surface area contributed by atoms with Gasteiger partial charge in [-0.15, -0.1) is 0 Å². The number of hydrogen-bond donors (Lipinski definition) is 1. The number of phenols is 1. The average molecular weight is 234 g/mol. The molecule has 0 saturated heterocycles. The summed E-state index contributed by atoms with van der Waals surface area (Å²) < 4.78 is 10.4. The molecule has 90 valence electrons. The highest BCUT2D eigenvalue weighted by Gasteiger charge is 2.61. The molecule has 1 aliphatic heterocycles. The van der Waals surface area contributed by atoms with Gasteiger partial charge in [0.2, 0.25) is 0 Å². The van der Waals surface area contributed by atoms with E-state index in [4.69, 9.17) is 9.47 Å². The second kappa shape index (κ2) is 3.39. The Bertz CT molecular complexity index is 482. The van der Waals surface area contributed by atoms with E-state index in [-0.39, 0.29) is 23.1 Å². The van der Waals surface area contributed by atoms with Gasteiger partial charge in [0.25, 0.3) is 0 Å². The van der Waals surface area contributed by atoms with Crippen LogP contribution in [0.2, 0.25) is 0 Å². The Morgan fingerprint density at radius 1 is 1.59 bits per heavy atom. The van der Waals surface area contributed by atoms with Crippen LogP contribution >= 0.6 is 0 Å². The number of methoxy groups -OCH3 is 1. The van der Waals surface area contributed by atoms with E-state index in [1.807, 2.05) is 0 Å². The summed E-state index contributed by atoms with van der Waals surface area (Å²) in [6.07, 6.45) is 1.60. The topological polar surface area (TPSA) is 55.8 Å². The highest BCUT2D eigenvalue weighted by atomic mass is 16.5. The van der Waals surface area contributed by atoms with Crippen molar-refractivity contribution in [2.75, 3.05) is 13.7 Å². The maximum Gasteiger partial charge on any atom is 0.309 e. The number of fused-ring (bicyclic) bond motifs is 2. The van der Waals surface area contributed by atoms with Crippen LogP contribution in [0.4, 0.5) is 0 Å². The standard InChI is InChI=1S/C13H14O4/c1-16-12(15)10-7-13(10)4-5-17-11-3-2-8(14)6-9(11)13/h2-3,6,10,14H,4-5,7H2,1H3/t10-,13+/m1/s1. The maximum atomic E-state index is 11.6. The zero-order valence-corrected chi connectivity index (χ0v) is 9.60. The summed E-state index contributed by atoms with van der Waals surface area (Å²) in [6, 6.07) is 5.07. The maximum absolute atomic E-state index is 11.6. The highest BCUT2D eigenvalue weighted by Crippen LogP contribution is 2.61. The minimum atomic E-state index is -0.167. The molecule has 17 heavy (non-hydrogen) atoms. The third-order valence-corrected chi connectivity index (χ3v) is 3.87. The molecule has 0 bridgehead atoms. The first-order valence-corrected chi connectivity index (χ1v) is 5.71. The number of benzene rings is 1. The molecule has 2 aliphatic rings. The second-order valence-corrected chi connectivity index (χ2v) is 4.71. The molecule has 0 radical (unpaired) electrons. The first kappa shape index (κ1) is 10.4. The molecule has 1 aromatic carbocycles. The largest absolute Gasteiger partial charge is 0.508 e. The molecule has 4 nitrogen and oxygen atoms in total. The molecule has 1 fully saturated rings. The third-order valence-electron chi connectivity index (χ3n) is 3.87. The predicted molar refractivity (Wildman–Crippen MR) is 60.0 cm³/mol. The summed E-state index contributed by atoms with van der Waals surface area (Å²) in [5.41, 5.74) is 0.776. The van der Waals surface area contributed by atoms with Crippen LogP contribution in [0, 0.1) is 5.92 Å². The lowest BCUT2D eigenvalue weighted by atomic mass is 9.87. The summed E-state index contributed by atoms with van der Waals surface area (Å²) in [4.78, 5) is 11.6. The van der Waals surface area contributed by atoms with Gasteiger partial charge in [-0.2, -0.15) is 0 Å². The van der Waals surface area contributed by atoms with Crippen molar-refractivity contribution >= 4 is 5.97 Å². The quantitative estimate of drug-likeness (QED) is 0.750. The summed E-state index contributed by atoms with van der Waals surface area (Å²) >= 11 is 0. The number of carbonyl (C=O) groups is 1. The SMILES string of the molecule is COC(=O)[C@H]1C[C@]12CCOc1ccc(O)cc12. The lowest BCUT2D eigenvalue weighted by molar-refractivity contribution is -0.142. The Labute approximate surface area is 99.2 Å². The number of phenolic OH excluding ortho intramolecular Hbond substituents is 1. The Hall–Kier alpha value is -1.71. The van der Waals surface area contributed by atoms with Crippen molar-refractivity contribution in [3.8, 4) is 11.5 Å². The van der Waals surface area contributed by atoms with Gasteiger partial charge >= 0.3 is 5.97 Å². The lowest BCUT2D eigenvalue weighted by Crippen LogP contribution is -2.24. The molecule has 3 rings (SSSR count). The minimum Gasteiger partial charge on any atom is -0.508 e. The van der Waals surface area contributed by atoms with Gasteiger partial charge in [-0.1, -0.05) is 0 Å². The molecule has 2 atom stereocenters. The van der Waals surface area contributed by atoms with Crippen LogP contribution in [0.5, 0.6) is 11.5 Å². The van der Waals surface area contributed by atoms with Gasteiger partial charge in [-0.25, -0.2) is 0 Å². The molecule has 1 heterocycles. The number of carbonyl (C=O) groups excluding carboxylic acids is 1. The van der Waals surface area contributed by atoms with Crippen LogP contribution in [-0.4, -0.2) is 24.8 Å². The Kier molecular flexibility index (Phi) is 2.08. The first-order chi connectivity index (χ1) is 8.17. The van der Waals surface area contributed by atoms with E-state index in [0.717, 1.165) is 24.2 Å². The summed E-state index contributed by atoms with van der Waals surface area (Å²) in [5, 5.41) is 9.56. The van der Waals surface area contributed by atoms with Crippen molar-refractivity contribution in [3.05, 3.63) is 23.8 Å². The van der Waals surface area contributed by atoms with Crippen LogP contribution in [0.1, 0.15) is 18.4 Å². The molecule has 1 N–H and O–H groups in total. The van der Waals surface area contributed by atoms with Crippen molar-refractivity contribution in [1.29, 1.82) is 0 Å². The van der Waals surface area contributed by atoms with Crippen LogP contribution in [-0.2, 0) is 14.9 Å². The molecular weight excluding hydrogens is 220 g/mol. The average Bonchev–Trinajstić information content (AvgIpc) is 3.05. The van der Waals surface area contributed by atoms with Crippen molar-refractivity contribution in [2.45, 2.75) is 18.3 Å². The first-order valence-electron chi connectivity index (χ1n) is 5.71. The van der Waals surface area contributed by atoms with Crippen LogP contribution in [0.15, 0.2) is 18.2 Å². The van der Waals surface area contributed by atoms with Gasteiger partial charge in [0.1, 0.15) is 11.5 Å². The number of ether oxygens (including phenoxy) is 2. The summed E-state index contributed by atoms with van der Waals surface area (Å²) in [6.45, 7) is 0.616. The fourth-order valence-corrected chi connectivity index (χ4v) is 2.84. The number of esters is 1. The van der Waals surface area contributed by atoms with E-state index >= 15 is 0 Å². The van der Waals surface area contributed by atoms with E-state index < -0.39 is 0 Å². The molecule has 1 aliphatic carbocycles. The predicted octanol–water partition coefficient (Wildman–Crippen LogP) is 1.61. The van der Waals surface area contributed by atoms with Crippen LogP contribution < -0.4 is 4.74 Å². The van der Waals surface area contributed by atoms with E-state index in [1.54, 1.807) is 18.2 Å². The molecule has 0 aromatic heterocycles. The minimum absolute atomic E-state index is 0.0862.